The van der Waals surface area contributed by atoms with Crippen LogP contribution < -0.4 is 19.5 Å². The fraction of sp³-hybridized carbons (Fsp3) is 0.250. The molecule has 2 aromatic carbocycles. The minimum Gasteiger partial charge on any atom is -0.493 e. The fourth-order valence-corrected chi connectivity index (χ4v) is 3.03. The van der Waals surface area contributed by atoms with Crippen LogP contribution in [-0.4, -0.2) is 31.7 Å². The predicted molar refractivity (Wildman–Crippen MR) is 116 cm³/mol. The third-order valence-corrected chi connectivity index (χ3v) is 4.85. The molecule has 0 unspecified atom stereocenters. The van der Waals surface area contributed by atoms with Crippen LogP contribution in [0.1, 0.15) is 29.8 Å². The molecule has 1 N–H and O–H groups in total. The number of benzene rings is 2. The molecule has 0 atom stereocenters. The zero-order chi connectivity index (χ0) is 21.6. The van der Waals surface area contributed by atoms with E-state index in [9.17, 15) is 4.79 Å². The van der Waals surface area contributed by atoms with Crippen molar-refractivity contribution in [2.45, 2.75) is 19.3 Å². The molecule has 0 bridgehead atoms. The number of rotatable bonds is 8. The number of ether oxygens (including phenoxy) is 3. The zero-order valence-electron chi connectivity index (χ0n) is 17.6. The van der Waals surface area contributed by atoms with Crippen molar-refractivity contribution >= 4 is 5.91 Å². The molecule has 0 fully saturated rings. The molecule has 156 valence electrons. The van der Waals surface area contributed by atoms with Crippen LogP contribution in [0.15, 0.2) is 67.0 Å². The number of hydrogen-bond acceptors (Lipinski definition) is 5. The van der Waals surface area contributed by atoms with Gasteiger partial charge in [-0.2, -0.15) is 0 Å². The van der Waals surface area contributed by atoms with Gasteiger partial charge in [-0.15, -0.1) is 0 Å². The van der Waals surface area contributed by atoms with Crippen molar-refractivity contribution in [2.75, 3.05) is 20.8 Å². The first-order valence-corrected chi connectivity index (χ1v) is 9.62. The SMILES string of the molecule is COc1ccc(C(C)(C)CNC(=O)c2ccccc2Oc2cccnc2)cc1OC. The maximum atomic E-state index is 12.9. The molecule has 3 aromatic rings. The van der Waals surface area contributed by atoms with E-state index in [1.807, 2.05) is 30.3 Å². The van der Waals surface area contributed by atoms with Gasteiger partial charge >= 0.3 is 0 Å². The molecule has 0 radical (unpaired) electrons. The molecule has 1 heterocycles. The number of aromatic nitrogens is 1. The van der Waals surface area contributed by atoms with Crippen molar-refractivity contribution < 1.29 is 19.0 Å². The second-order valence-electron chi connectivity index (χ2n) is 7.42. The monoisotopic (exact) mass is 406 g/mol. The Bertz CT molecular complexity index is 1000. The number of methoxy groups -OCH3 is 2. The molecule has 30 heavy (non-hydrogen) atoms. The maximum absolute atomic E-state index is 12.9. The molecule has 6 heteroatoms. The highest BCUT2D eigenvalue weighted by Crippen LogP contribution is 2.33. The molecule has 3 rings (SSSR count). The number of carbonyl (C=O) groups excluding carboxylic acids is 1. The highest BCUT2D eigenvalue weighted by molar-refractivity contribution is 5.97. The Balaban J connectivity index is 1.74. The van der Waals surface area contributed by atoms with Crippen LogP contribution in [-0.2, 0) is 5.41 Å². The third-order valence-electron chi connectivity index (χ3n) is 4.85. The van der Waals surface area contributed by atoms with Crippen molar-refractivity contribution in [3.8, 4) is 23.0 Å². The van der Waals surface area contributed by atoms with E-state index in [2.05, 4.69) is 24.1 Å². The van der Waals surface area contributed by atoms with Gasteiger partial charge in [0, 0.05) is 18.2 Å². The summed E-state index contributed by atoms with van der Waals surface area (Å²) < 4.78 is 16.6. The highest BCUT2D eigenvalue weighted by atomic mass is 16.5. The number of nitrogens with one attached hydrogen (secondary N) is 1. The van der Waals surface area contributed by atoms with E-state index in [-0.39, 0.29) is 11.3 Å². The Labute approximate surface area is 176 Å². The first-order chi connectivity index (χ1) is 14.4. The van der Waals surface area contributed by atoms with E-state index in [1.165, 1.54) is 0 Å². The first kappa shape index (κ1) is 21.2. The molecular formula is C24H26N2O4. The number of hydrogen-bond donors (Lipinski definition) is 1. The summed E-state index contributed by atoms with van der Waals surface area (Å²) in [6, 6.07) is 16.5. The van der Waals surface area contributed by atoms with Crippen LogP contribution >= 0.6 is 0 Å². The van der Waals surface area contributed by atoms with Crippen molar-refractivity contribution in [3.63, 3.8) is 0 Å². The zero-order valence-corrected chi connectivity index (χ0v) is 17.6. The van der Waals surface area contributed by atoms with Gasteiger partial charge in [0.2, 0.25) is 0 Å². The van der Waals surface area contributed by atoms with E-state index in [0.717, 1.165) is 5.56 Å². The standard InChI is InChI=1S/C24H26N2O4/c1-24(2,17-11-12-21(28-3)22(14-17)29-4)16-26-23(27)19-9-5-6-10-20(19)30-18-8-7-13-25-15-18/h5-15H,16H2,1-4H3,(H,26,27). The molecule has 0 aliphatic heterocycles. The van der Waals surface area contributed by atoms with Crippen molar-refractivity contribution in [3.05, 3.63) is 78.1 Å². The van der Waals surface area contributed by atoms with E-state index in [4.69, 9.17) is 14.2 Å². The quantitative estimate of drug-likeness (QED) is 0.592. The number of pyridine rings is 1. The average Bonchev–Trinajstić information content (AvgIpc) is 2.78. The largest absolute Gasteiger partial charge is 0.493 e. The van der Waals surface area contributed by atoms with Gasteiger partial charge in [-0.3, -0.25) is 9.78 Å². The molecule has 1 amide bonds. The fourth-order valence-electron chi connectivity index (χ4n) is 3.03. The van der Waals surface area contributed by atoms with E-state index in [1.54, 1.807) is 50.9 Å². The van der Waals surface area contributed by atoms with Gasteiger partial charge in [-0.1, -0.05) is 32.0 Å². The molecule has 1 aromatic heterocycles. The Morgan fingerprint density at radius 2 is 1.73 bits per heavy atom. The Hall–Kier alpha value is -3.54. The first-order valence-electron chi connectivity index (χ1n) is 9.62. The second kappa shape index (κ2) is 9.31. The summed E-state index contributed by atoms with van der Waals surface area (Å²) in [5.74, 6) is 2.17. The smallest absolute Gasteiger partial charge is 0.255 e. The second-order valence-corrected chi connectivity index (χ2v) is 7.42. The van der Waals surface area contributed by atoms with Crippen LogP contribution in [0.5, 0.6) is 23.0 Å². The predicted octanol–water partition coefficient (Wildman–Crippen LogP) is 4.60. The summed E-state index contributed by atoms with van der Waals surface area (Å²) in [5, 5.41) is 3.02. The van der Waals surface area contributed by atoms with Crippen LogP contribution in [0.4, 0.5) is 0 Å². The van der Waals surface area contributed by atoms with Crippen LogP contribution in [0.25, 0.3) is 0 Å². The summed E-state index contributed by atoms with van der Waals surface area (Å²) in [5.41, 5.74) is 1.17. The van der Waals surface area contributed by atoms with Gasteiger partial charge in [-0.25, -0.2) is 0 Å². The molecule has 0 aliphatic carbocycles. The normalized spacial score (nSPS) is 10.9. The summed E-state index contributed by atoms with van der Waals surface area (Å²) in [7, 11) is 3.21. The Kier molecular flexibility index (Phi) is 6.57. The maximum Gasteiger partial charge on any atom is 0.255 e. The van der Waals surface area contributed by atoms with Gasteiger partial charge in [0.25, 0.3) is 5.91 Å². The summed E-state index contributed by atoms with van der Waals surface area (Å²) >= 11 is 0. The topological polar surface area (TPSA) is 69.7 Å². The van der Waals surface area contributed by atoms with Crippen LogP contribution in [0.2, 0.25) is 0 Å². The van der Waals surface area contributed by atoms with Crippen molar-refractivity contribution in [2.24, 2.45) is 0 Å². The molecule has 0 saturated carbocycles. The highest BCUT2D eigenvalue weighted by Gasteiger charge is 2.24. The lowest BCUT2D eigenvalue weighted by Crippen LogP contribution is -2.36. The molecule has 0 spiro atoms. The molecule has 0 saturated heterocycles. The van der Waals surface area contributed by atoms with Gasteiger partial charge in [0.15, 0.2) is 11.5 Å². The Morgan fingerprint density at radius 1 is 0.967 bits per heavy atom. The summed E-state index contributed by atoms with van der Waals surface area (Å²) in [6.45, 7) is 4.56. The number of nitrogens with zero attached hydrogens (tertiary/aromatic N) is 1. The van der Waals surface area contributed by atoms with E-state index < -0.39 is 0 Å². The van der Waals surface area contributed by atoms with E-state index in [0.29, 0.717) is 35.1 Å². The number of amides is 1. The van der Waals surface area contributed by atoms with Gasteiger partial charge in [0.05, 0.1) is 26.0 Å². The van der Waals surface area contributed by atoms with Crippen LogP contribution in [0.3, 0.4) is 0 Å². The van der Waals surface area contributed by atoms with Crippen molar-refractivity contribution in [1.82, 2.24) is 10.3 Å². The lowest BCUT2D eigenvalue weighted by Gasteiger charge is -2.26. The molecule has 6 nitrogen and oxygen atoms in total. The third kappa shape index (κ3) is 4.89. The summed E-state index contributed by atoms with van der Waals surface area (Å²) in [4.78, 5) is 16.9. The summed E-state index contributed by atoms with van der Waals surface area (Å²) in [6.07, 6.45) is 3.27. The minimum absolute atomic E-state index is 0.206. The van der Waals surface area contributed by atoms with Crippen LogP contribution in [0, 0.1) is 0 Å². The number of carbonyl (C=O) groups is 1. The van der Waals surface area contributed by atoms with Gasteiger partial charge in [-0.05, 0) is 42.0 Å². The Morgan fingerprint density at radius 3 is 2.43 bits per heavy atom. The average molecular weight is 406 g/mol. The van der Waals surface area contributed by atoms with E-state index >= 15 is 0 Å². The van der Waals surface area contributed by atoms with Gasteiger partial charge in [0.1, 0.15) is 11.5 Å². The lowest BCUT2D eigenvalue weighted by atomic mass is 9.84. The minimum atomic E-state index is -0.325. The lowest BCUT2D eigenvalue weighted by molar-refractivity contribution is 0.0943. The van der Waals surface area contributed by atoms with Gasteiger partial charge < -0.3 is 19.5 Å². The number of para-hydroxylation sites is 1. The molecular weight excluding hydrogens is 380 g/mol. The van der Waals surface area contributed by atoms with Crippen molar-refractivity contribution in [1.29, 1.82) is 0 Å². The molecule has 0 aliphatic rings.